The van der Waals surface area contributed by atoms with Gasteiger partial charge in [0.15, 0.2) is 0 Å². The SMILES string of the molecule is CC1(C)C[C@H]2C[C@](C)(CN2C(=O)c2ccc(S(=O)(=O)N3CCCCC3)cc2)C1. The van der Waals surface area contributed by atoms with Crippen molar-refractivity contribution in [3.63, 3.8) is 0 Å². The highest BCUT2D eigenvalue weighted by atomic mass is 32.2. The van der Waals surface area contributed by atoms with Crippen molar-refractivity contribution < 1.29 is 13.2 Å². The third kappa shape index (κ3) is 3.61. The minimum Gasteiger partial charge on any atom is -0.335 e. The number of sulfonamides is 1. The van der Waals surface area contributed by atoms with Gasteiger partial charge in [0.2, 0.25) is 10.0 Å². The lowest BCUT2D eigenvalue weighted by molar-refractivity contribution is 0.0708. The summed E-state index contributed by atoms with van der Waals surface area (Å²) in [4.78, 5) is 15.5. The molecule has 6 heteroatoms. The first-order valence-corrected chi connectivity index (χ1v) is 12.0. The maximum absolute atomic E-state index is 13.2. The van der Waals surface area contributed by atoms with Crippen LogP contribution in [0.4, 0.5) is 0 Å². The van der Waals surface area contributed by atoms with Crippen molar-refractivity contribution in [2.45, 2.75) is 70.2 Å². The van der Waals surface area contributed by atoms with E-state index in [4.69, 9.17) is 0 Å². The van der Waals surface area contributed by atoms with Crippen LogP contribution in [0.25, 0.3) is 0 Å². The van der Waals surface area contributed by atoms with E-state index in [2.05, 4.69) is 20.8 Å². The van der Waals surface area contributed by atoms with E-state index in [-0.39, 0.29) is 22.8 Å². The number of hydrogen-bond donors (Lipinski definition) is 0. The first-order chi connectivity index (χ1) is 13.1. The molecular formula is C22H32N2O3S. The Kier molecular flexibility index (Phi) is 4.86. The molecule has 0 unspecified atom stereocenters. The van der Waals surface area contributed by atoms with Gasteiger partial charge in [-0.2, -0.15) is 4.31 Å². The van der Waals surface area contributed by atoms with Crippen molar-refractivity contribution in [2.24, 2.45) is 10.8 Å². The van der Waals surface area contributed by atoms with Crippen LogP contribution in [0.5, 0.6) is 0 Å². The van der Waals surface area contributed by atoms with E-state index in [0.717, 1.165) is 45.1 Å². The number of likely N-dealkylation sites (tertiary alicyclic amines) is 1. The Bertz CT molecular complexity index is 856. The Morgan fingerprint density at radius 2 is 1.64 bits per heavy atom. The summed E-state index contributed by atoms with van der Waals surface area (Å²) in [6.45, 7) is 8.87. The van der Waals surface area contributed by atoms with E-state index in [9.17, 15) is 13.2 Å². The van der Waals surface area contributed by atoms with Gasteiger partial charge in [-0.3, -0.25) is 4.79 Å². The summed E-state index contributed by atoms with van der Waals surface area (Å²) in [6, 6.07) is 6.87. The molecule has 2 atom stereocenters. The summed E-state index contributed by atoms with van der Waals surface area (Å²) in [5, 5.41) is 0. The van der Waals surface area contributed by atoms with Crippen molar-refractivity contribution in [3.05, 3.63) is 29.8 Å². The summed E-state index contributed by atoms with van der Waals surface area (Å²) in [6.07, 6.45) is 6.18. The van der Waals surface area contributed by atoms with Crippen LogP contribution in [0.2, 0.25) is 0 Å². The lowest BCUT2D eigenvalue weighted by Gasteiger charge is -2.39. The molecular weight excluding hydrogens is 372 g/mol. The Balaban J connectivity index is 1.52. The molecule has 0 N–H and O–H groups in total. The topological polar surface area (TPSA) is 57.7 Å². The Morgan fingerprint density at radius 1 is 1.00 bits per heavy atom. The van der Waals surface area contributed by atoms with Crippen LogP contribution in [0, 0.1) is 10.8 Å². The van der Waals surface area contributed by atoms with Crippen molar-refractivity contribution in [2.75, 3.05) is 19.6 Å². The molecule has 3 aliphatic rings. The van der Waals surface area contributed by atoms with Gasteiger partial charge in [-0.1, -0.05) is 27.2 Å². The lowest BCUT2D eigenvalue weighted by atomic mass is 9.65. The molecule has 28 heavy (non-hydrogen) atoms. The van der Waals surface area contributed by atoms with Crippen LogP contribution in [-0.4, -0.2) is 49.2 Å². The normalized spacial score (nSPS) is 30.4. The Labute approximate surface area is 169 Å². The largest absolute Gasteiger partial charge is 0.335 e. The van der Waals surface area contributed by atoms with E-state index in [1.165, 1.54) is 0 Å². The first kappa shape index (κ1) is 19.9. The van der Waals surface area contributed by atoms with Gasteiger partial charge in [0, 0.05) is 31.2 Å². The third-order valence-electron chi connectivity index (χ3n) is 6.73. The van der Waals surface area contributed by atoms with Gasteiger partial charge in [0.05, 0.1) is 4.90 Å². The summed E-state index contributed by atoms with van der Waals surface area (Å²) in [7, 11) is -3.45. The van der Waals surface area contributed by atoms with Crippen LogP contribution >= 0.6 is 0 Å². The molecule has 2 bridgehead atoms. The molecule has 1 saturated carbocycles. The summed E-state index contributed by atoms with van der Waals surface area (Å²) < 4.78 is 27.2. The fraction of sp³-hybridized carbons (Fsp3) is 0.682. The van der Waals surface area contributed by atoms with Crippen molar-refractivity contribution in [3.8, 4) is 0 Å². The van der Waals surface area contributed by atoms with Crippen LogP contribution in [0.1, 0.15) is 69.7 Å². The molecule has 1 aromatic carbocycles. The number of hydrogen-bond acceptors (Lipinski definition) is 3. The van der Waals surface area contributed by atoms with Gasteiger partial charge < -0.3 is 4.90 Å². The van der Waals surface area contributed by atoms with Crippen molar-refractivity contribution >= 4 is 15.9 Å². The zero-order valence-corrected chi connectivity index (χ0v) is 18.1. The number of carbonyl (C=O) groups excluding carboxylic acids is 1. The van der Waals surface area contributed by atoms with Gasteiger partial charge in [-0.15, -0.1) is 0 Å². The Morgan fingerprint density at radius 3 is 2.29 bits per heavy atom. The minimum absolute atomic E-state index is 0.0355. The first-order valence-electron chi connectivity index (χ1n) is 10.5. The molecule has 0 aromatic heterocycles. The smallest absolute Gasteiger partial charge is 0.254 e. The number of fused-ring (bicyclic) bond motifs is 2. The summed E-state index contributed by atoms with van der Waals surface area (Å²) in [5.41, 5.74) is 1.05. The minimum atomic E-state index is -3.45. The quantitative estimate of drug-likeness (QED) is 0.768. The van der Waals surface area contributed by atoms with Crippen LogP contribution in [-0.2, 0) is 10.0 Å². The Hall–Kier alpha value is -1.40. The van der Waals surface area contributed by atoms with E-state index >= 15 is 0 Å². The van der Waals surface area contributed by atoms with Crippen LogP contribution in [0.15, 0.2) is 29.2 Å². The number of amides is 1. The second-order valence-electron chi connectivity index (χ2n) is 10.1. The predicted octanol–water partition coefficient (Wildman–Crippen LogP) is 3.90. The van der Waals surface area contributed by atoms with Crippen molar-refractivity contribution in [1.29, 1.82) is 0 Å². The van der Waals surface area contributed by atoms with Gasteiger partial charge >= 0.3 is 0 Å². The molecule has 2 saturated heterocycles. The number of benzene rings is 1. The molecule has 0 radical (unpaired) electrons. The second kappa shape index (κ2) is 6.84. The molecule has 1 aromatic rings. The number of piperidine rings is 1. The van der Waals surface area contributed by atoms with Gasteiger partial charge in [0.1, 0.15) is 0 Å². The highest BCUT2D eigenvalue weighted by Crippen LogP contribution is 2.52. The number of rotatable bonds is 3. The molecule has 154 valence electrons. The average molecular weight is 405 g/mol. The maximum atomic E-state index is 13.2. The molecule has 3 fully saturated rings. The predicted molar refractivity (Wildman–Crippen MR) is 110 cm³/mol. The molecule has 5 nitrogen and oxygen atoms in total. The van der Waals surface area contributed by atoms with Crippen LogP contribution < -0.4 is 0 Å². The molecule has 4 rings (SSSR count). The molecule has 1 aliphatic carbocycles. The highest BCUT2D eigenvalue weighted by Gasteiger charge is 2.51. The molecule has 1 amide bonds. The maximum Gasteiger partial charge on any atom is 0.254 e. The van der Waals surface area contributed by atoms with E-state index < -0.39 is 10.0 Å². The monoisotopic (exact) mass is 404 g/mol. The van der Waals surface area contributed by atoms with Gasteiger partial charge in [-0.05, 0) is 67.2 Å². The summed E-state index contributed by atoms with van der Waals surface area (Å²) >= 11 is 0. The van der Waals surface area contributed by atoms with Crippen LogP contribution in [0.3, 0.4) is 0 Å². The fourth-order valence-corrected chi connectivity index (χ4v) is 7.40. The van der Waals surface area contributed by atoms with E-state index in [1.54, 1.807) is 28.6 Å². The lowest BCUT2D eigenvalue weighted by Crippen LogP contribution is -2.37. The van der Waals surface area contributed by atoms with Crippen molar-refractivity contribution in [1.82, 2.24) is 9.21 Å². The van der Waals surface area contributed by atoms with Gasteiger partial charge in [0.25, 0.3) is 5.91 Å². The number of nitrogens with zero attached hydrogens (tertiary/aromatic N) is 2. The highest BCUT2D eigenvalue weighted by molar-refractivity contribution is 7.89. The van der Waals surface area contributed by atoms with E-state index in [0.29, 0.717) is 23.5 Å². The second-order valence-corrected chi connectivity index (χ2v) is 12.1. The van der Waals surface area contributed by atoms with Gasteiger partial charge in [-0.25, -0.2) is 8.42 Å². The van der Waals surface area contributed by atoms with E-state index in [1.807, 2.05) is 4.90 Å². The summed E-state index contributed by atoms with van der Waals surface area (Å²) in [5.74, 6) is 0.0355. The zero-order chi connectivity index (χ0) is 20.2. The fourth-order valence-electron chi connectivity index (χ4n) is 5.89. The molecule has 0 spiro atoms. The third-order valence-corrected chi connectivity index (χ3v) is 8.64. The average Bonchev–Trinajstić information content (AvgIpc) is 2.90. The standard InChI is InChI=1S/C22H32N2O3S/c1-21(2)13-18-14-22(3,15-21)16-24(18)20(25)17-7-9-19(10-8-17)28(26,27)23-11-5-4-6-12-23/h7-10,18H,4-6,11-16H2,1-3H3/t18-,22-/m0/s1. The zero-order valence-electron chi connectivity index (χ0n) is 17.3. The molecule has 2 heterocycles. The number of carbonyl (C=O) groups is 1. The molecule has 2 aliphatic heterocycles.